The zero-order valence-corrected chi connectivity index (χ0v) is 35.8. The smallest absolute Gasteiger partial charge is 0.408 e. The van der Waals surface area contributed by atoms with Gasteiger partial charge >= 0.3 is 24.1 Å². The Morgan fingerprint density at radius 2 is 1.77 bits per heavy atom. The van der Waals surface area contributed by atoms with Crippen LogP contribution >= 0.6 is 11.8 Å². The summed E-state index contributed by atoms with van der Waals surface area (Å²) in [5, 5.41) is 12.1. The third-order valence-corrected chi connectivity index (χ3v) is 11.5. The molecule has 4 amide bonds. The minimum Gasteiger partial charge on any atom is -0.462 e. The first-order valence-corrected chi connectivity index (χ1v) is 21.1. The topological polar surface area (TPSA) is 161 Å². The van der Waals surface area contributed by atoms with E-state index in [1.807, 2.05) is 49.9 Å². The number of rotatable bonds is 19. The Balaban J connectivity index is 1.48. The molecular weight excluding hydrogens is 733 g/mol. The Morgan fingerprint density at radius 3 is 2.46 bits per heavy atom. The van der Waals surface area contributed by atoms with Gasteiger partial charge < -0.3 is 35.5 Å². The van der Waals surface area contributed by atoms with E-state index in [0.29, 0.717) is 50.3 Å². The minimum atomic E-state index is -0.886. The van der Waals surface area contributed by atoms with E-state index in [4.69, 9.17) is 14.2 Å². The van der Waals surface area contributed by atoms with E-state index in [0.717, 1.165) is 41.7 Å². The van der Waals surface area contributed by atoms with Crippen LogP contribution in [0, 0.1) is 5.41 Å². The Labute approximate surface area is 338 Å². The summed E-state index contributed by atoms with van der Waals surface area (Å²) in [6.45, 7) is 17.8. The lowest BCUT2D eigenvalue weighted by Gasteiger charge is -2.38. The second-order valence-corrected chi connectivity index (χ2v) is 18.1. The van der Waals surface area contributed by atoms with Crippen molar-refractivity contribution in [3.8, 4) is 0 Å². The standard InChI is InChI=1S/C43H66N4O8S/c1-28(15-14-16-29(2)22-24-53-31(4)48)20-21-33-30(3)25-32(26-43(33,8)9)54-39(50)34(46-41(52)55-42(5,6)7)17-12-13-23-44-37(49)19-11-10-18-36-38-35(27-56-36)45-40(51)47-38/h14-16,20-22,32,34-36,38H,10-13,17-19,23-27H2,1-9H3,(H,44,49)(H,46,52)(H2,45,47,51)/b16-14+,21-20+,28-15+,29-22+/t32-,34+,35+,36+,38+/m1/s1. The van der Waals surface area contributed by atoms with Crippen molar-refractivity contribution in [1.82, 2.24) is 21.3 Å². The number of hydrogen-bond donors (Lipinski definition) is 4. The largest absolute Gasteiger partial charge is 0.462 e. The van der Waals surface area contributed by atoms with Crippen molar-refractivity contribution in [2.75, 3.05) is 18.9 Å². The zero-order chi connectivity index (χ0) is 41.5. The molecule has 0 spiro atoms. The minimum absolute atomic E-state index is 0.00161. The fraction of sp³-hybridized carbons (Fsp3) is 0.651. The molecule has 0 saturated carbocycles. The average molecular weight is 799 g/mol. The van der Waals surface area contributed by atoms with Gasteiger partial charge in [-0.3, -0.25) is 9.59 Å². The molecule has 3 aliphatic rings. The lowest BCUT2D eigenvalue weighted by Crippen LogP contribution is -2.46. The number of carbonyl (C=O) groups is 5. The van der Waals surface area contributed by atoms with E-state index >= 15 is 0 Å². The molecule has 2 saturated heterocycles. The molecule has 3 rings (SSSR count). The number of ether oxygens (including phenoxy) is 3. The molecule has 0 unspecified atom stereocenters. The molecule has 2 heterocycles. The number of unbranched alkanes of at least 4 members (excludes halogenated alkanes) is 2. The second-order valence-electron chi connectivity index (χ2n) is 16.8. The number of alkyl carbamates (subject to hydrolysis) is 1. The molecule has 4 N–H and O–H groups in total. The number of nitrogens with one attached hydrogen (secondary N) is 4. The number of esters is 2. The number of urea groups is 1. The van der Waals surface area contributed by atoms with Crippen molar-refractivity contribution in [2.24, 2.45) is 5.41 Å². The molecule has 0 aromatic heterocycles. The maximum Gasteiger partial charge on any atom is 0.408 e. The van der Waals surface area contributed by atoms with Gasteiger partial charge in [0, 0.05) is 37.3 Å². The van der Waals surface area contributed by atoms with Crippen molar-refractivity contribution in [2.45, 2.75) is 155 Å². The molecular formula is C43H66N4O8S. The first-order valence-electron chi connectivity index (χ1n) is 20.0. The van der Waals surface area contributed by atoms with E-state index < -0.39 is 23.7 Å². The first-order chi connectivity index (χ1) is 26.3. The van der Waals surface area contributed by atoms with Crippen LogP contribution in [0.3, 0.4) is 0 Å². The number of hydrogen-bond acceptors (Lipinski definition) is 9. The molecule has 5 atom stereocenters. The Bertz CT molecular complexity index is 1560. The first kappa shape index (κ1) is 46.4. The van der Waals surface area contributed by atoms with Crippen LogP contribution < -0.4 is 21.3 Å². The van der Waals surface area contributed by atoms with Crippen LogP contribution in [0.5, 0.6) is 0 Å². The molecule has 1 aliphatic carbocycles. The van der Waals surface area contributed by atoms with Crippen LogP contribution in [0.1, 0.15) is 120 Å². The Morgan fingerprint density at radius 1 is 1.02 bits per heavy atom. The lowest BCUT2D eigenvalue weighted by molar-refractivity contribution is -0.153. The summed E-state index contributed by atoms with van der Waals surface area (Å²) in [4.78, 5) is 61.4. The van der Waals surface area contributed by atoms with E-state index in [1.165, 1.54) is 12.5 Å². The summed E-state index contributed by atoms with van der Waals surface area (Å²) >= 11 is 1.88. The summed E-state index contributed by atoms with van der Waals surface area (Å²) in [7, 11) is 0. The van der Waals surface area contributed by atoms with Crippen LogP contribution in [0.2, 0.25) is 0 Å². The molecule has 0 bridgehead atoms. The van der Waals surface area contributed by atoms with Gasteiger partial charge in [-0.15, -0.1) is 0 Å². The highest BCUT2D eigenvalue weighted by atomic mass is 32.2. The highest BCUT2D eigenvalue weighted by Crippen LogP contribution is 2.42. The van der Waals surface area contributed by atoms with Crippen LogP contribution in [0.25, 0.3) is 0 Å². The van der Waals surface area contributed by atoms with Crippen molar-refractivity contribution >= 4 is 41.7 Å². The van der Waals surface area contributed by atoms with E-state index in [2.05, 4.69) is 54.2 Å². The predicted molar refractivity (Wildman–Crippen MR) is 222 cm³/mol. The Kier molecular flexibility index (Phi) is 18.3. The van der Waals surface area contributed by atoms with Crippen molar-refractivity contribution < 1.29 is 38.2 Å². The van der Waals surface area contributed by atoms with Crippen LogP contribution in [0.4, 0.5) is 9.59 Å². The quantitative estimate of drug-likeness (QED) is 0.0341. The normalized spacial score (nSPS) is 23.1. The van der Waals surface area contributed by atoms with Crippen LogP contribution in [-0.2, 0) is 28.6 Å². The van der Waals surface area contributed by atoms with Crippen LogP contribution in [-0.4, -0.2) is 84.0 Å². The van der Waals surface area contributed by atoms with Crippen molar-refractivity contribution in [3.05, 3.63) is 58.7 Å². The van der Waals surface area contributed by atoms with Gasteiger partial charge in [-0.25, -0.2) is 14.4 Å². The molecule has 0 radical (unpaired) electrons. The molecule has 0 aromatic carbocycles. The number of thioether (sulfide) groups is 1. The number of fused-ring (bicyclic) bond motifs is 1. The van der Waals surface area contributed by atoms with Gasteiger partial charge in [0.05, 0.1) is 12.1 Å². The van der Waals surface area contributed by atoms with Gasteiger partial charge in [-0.05, 0) is 97.1 Å². The summed E-state index contributed by atoms with van der Waals surface area (Å²) in [6, 6.07) is -0.588. The summed E-state index contributed by atoms with van der Waals surface area (Å²) in [5.41, 5.74) is 3.42. The zero-order valence-electron chi connectivity index (χ0n) is 35.0. The number of amides is 4. The van der Waals surface area contributed by atoms with E-state index in [9.17, 15) is 24.0 Å². The van der Waals surface area contributed by atoms with Gasteiger partial charge in [-0.2, -0.15) is 11.8 Å². The van der Waals surface area contributed by atoms with E-state index in [-0.39, 0.29) is 48.1 Å². The van der Waals surface area contributed by atoms with Gasteiger partial charge in [0.15, 0.2) is 0 Å². The average Bonchev–Trinajstić information content (AvgIpc) is 3.63. The molecule has 13 heteroatoms. The van der Waals surface area contributed by atoms with Gasteiger partial charge in [0.25, 0.3) is 0 Å². The summed E-state index contributed by atoms with van der Waals surface area (Å²) < 4.78 is 16.5. The molecule has 12 nitrogen and oxygen atoms in total. The number of carbonyl (C=O) groups excluding carboxylic acids is 5. The van der Waals surface area contributed by atoms with Crippen LogP contribution in [0.15, 0.2) is 58.7 Å². The third-order valence-electron chi connectivity index (χ3n) is 9.96. The van der Waals surface area contributed by atoms with Gasteiger partial charge in [0.2, 0.25) is 5.91 Å². The fourth-order valence-corrected chi connectivity index (χ4v) is 8.76. The maximum atomic E-state index is 13.6. The van der Waals surface area contributed by atoms with Crippen molar-refractivity contribution in [3.63, 3.8) is 0 Å². The highest BCUT2D eigenvalue weighted by molar-refractivity contribution is 8.00. The lowest BCUT2D eigenvalue weighted by atomic mass is 9.71. The highest BCUT2D eigenvalue weighted by Gasteiger charge is 2.42. The summed E-state index contributed by atoms with van der Waals surface area (Å²) in [6.07, 6.45) is 16.9. The molecule has 0 aromatic rings. The molecule has 312 valence electrons. The second kappa shape index (κ2) is 22.1. The van der Waals surface area contributed by atoms with E-state index in [1.54, 1.807) is 20.8 Å². The van der Waals surface area contributed by atoms with Gasteiger partial charge in [0.1, 0.15) is 24.4 Å². The number of allylic oxidation sites excluding steroid dienone is 8. The maximum absolute atomic E-state index is 13.6. The fourth-order valence-electron chi connectivity index (χ4n) is 7.22. The monoisotopic (exact) mass is 798 g/mol. The predicted octanol–water partition coefficient (Wildman–Crippen LogP) is 7.51. The molecule has 2 fully saturated rings. The third kappa shape index (κ3) is 16.6. The SMILES string of the molecule is CC(=O)OC/C=C(C)/C=C/C=C(C)/C=C/C1=C(C)C[C@@H](OC(=O)[C@H](CCCCNC(=O)CCCC[C@@H]2SC[C@@H]3NC(=O)N[C@@H]32)NC(=O)OC(C)(C)C)CC1(C)C. The molecule has 2 aliphatic heterocycles. The van der Waals surface area contributed by atoms with Crippen molar-refractivity contribution in [1.29, 1.82) is 0 Å². The summed E-state index contributed by atoms with van der Waals surface area (Å²) in [5.74, 6) is 0.128. The van der Waals surface area contributed by atoms with Gasteiger partial charge in [-0.1, -0.05) is 67.4 Å². The Hall–Kier alpha value is -4.00. The molecule has 56 heavy (non-hydrogen) atoms.